The maximum absolute atomic E-state index is 12.7. The maximum atomic E-state index is 12.7. The van der Waals surface area contributed by atoms with Crippen LogP contribution in [0.1, 0.15) is 30.1 Å². The number of ketones is 1. The highest BCUT2D eigenvalue weighted by Gasteiger charge is 2.64. The molecule has 0 amide bonds. The summed E-state index contributed by atoms with van der Waals surface area (Å²) in [5.74, 6) is -4.39. The lowest BCUT2D eigenvalue weighted by molar-refractivity contribution is -0.172. The van der Waals surface area contributed by atoms with Gasteiger partial charge in [0.05, 0.1) is 27.2 Å². The molecule has 3 atom stereocenters. The highest BCUT2D eigenvalue weighted by molar-refractivity contribution is 6.02. The Hall–Kier alpha value is -2.70. The van der Waals surface area contributed by atoms with E-state index in [2.05, 4.69) is 0 Å². The minimum absolute atomic E-state index is 0.00383. The van der Waals surface area contributed by atoms with Crippen molar-refractivity contribution < 1.29 is 33.4 Å². The summed E-state index contributed by atoms with van der Waals surface area (Å²) in [4.78, 5) is 50.2. The molecule has 1 fully saturated rings. The first-order valence-corrected chi connectivity index (χ1v) is 8.66. The van der Waals surface area contributed by atoms with Crippen LogP contribution in [-0.4, -0.2) is 45.0 Å². The van der Waals surface area contributed by atoms with Crippen molar-refractivity contribution in [3.63, 3.8) is 0 Å². The summed E-state index contributed by atoms with van der Waals surface area (Å²) in [7, 11) is 3.59. The van der Waals surface area contributed by atoms with Crippen LogP contribution in [0.25, 0.3) is 0 Å². The second-order valence-corrected chi connectivity index (χ2v) is 6.75. The van der Waals surface area contributed by atoms with E-state index in [0.717, 1.165) is 0 Å². The molecule has 1 aromatic carbocycles. The molecule has 0 aromatic heterocycles. The minimum atomic E-state index is -1.65. The third-order valence-electron chi connectivity index (χ3n) is 5.52. The van der Waals surface area contributed by atoms with Gasteiger partial charge in [0.15, 0.2) is 11.2 Å². The zero-order valence-electron chi connectivity index (χ0n) is 15.9. The lowest BCUT2D eigenvalue weighted by atomic mass is 9.76. The molecule has 0 aliphatic heterocycles. The van der Waals surface area contributed by atoms with Gasteiger partial charge in [-0.25, -0.2) is 0 Å². The topological polar surface area (TPSA) is 96.0 Å². The van der Waals surface area contributed by atoms with Crippen LogP contribution in [0, 0.1) is 23.2 Å². The SMILES string of the molecule is COC(=O)[C@@H]1[C@H](CC(=O)c2ccccc2)CC(C(=O)OC)(C(=O)OC)[C@H]1C. The number of ether oxygens (including phenoxy) is 3. The molecule has 146 valence electrons. The average molecular weight is 376 g/mol. The molecule has 7 nitrogen and oxygen atoms in total. The molecule has 1 aliphatic carbocycles. The number of rotatable bonds is 6. The Labute approximate surface area is 158 Å². The number of benzene rings is 1. The summed E-state index contributed by atoms with van der Waals surface area (Å²) >= 11 is 0. The lowest BCUT2D eigenvalue weighted by Gasteiger charge is -2.28. The van der Waals surface area contributed by atoms with Crippen molar-refractivity contribution in [1.29, 1.82) is 0 Å². The van der Waals surface area contributed by atoms with Gasteiger partial charge in [0.1, 0.15) is 0 Å². The zero-order chi connectivity index (χ0) is 20.2. The van der Waals surface area contributed by atoms with Gasteiger partial charge in [-0.15, -0.1) is 0 Å². The summed E-state index contributed by atoms with van der Waals surface area (Å²) < 4.78 is 14.6. The van der Waals surface area contributed by atoms with Gasteiger partial charge in [0, 0.05) is 12.0 Å². The van der Waals surface area contributed by atoms with Crippen LogP contribution in [0.3, 0.4) is 0 Å². The Morgan fingerprint density at radius 2 is 1.52 bits per heavy atom. The van der Waals surface area contributed by atoms with Gasteiger partial charge in [-0.3, -0.25) is 19.2 Å². The van der Waals surface area contributed by atoms with Crippen LogP contribution in [0.5, 0.6) is 0 Å². The van der Waals surface area contributed by atoms with Gasteiger partial charge in [-0.05, 0) is 18.3 Å². The molecule has 1 aromatic rings. The van der Waals surface area contributed by atoms with Gasteiger partial charge in [-0.1, -0.05) is 37.3 Å². The van der Waals surface area contributed by atoms with E-state index in [1.165, 1.54) is 21.3 Å². The van der Waals surface area contributed by atoms with E-state index in [0.29, 0.717) is 5.56 Å². The fourth-order valence-electron chi connectivity index (χ4n) is 4.14. The first kappa shape index (κ1) is 20.6. The third kappa shape index (κ3) is 3.59. The van der Waals surface area contributed by atoms with Crippen LogP contribution in [0.2, 0.25) is 0 Å². The van der Waals surface area contributed by atoms with Crippen LogP contribution in [0.15, 0.2) is 30.3 Å². The Morgan fingerprint density at radius 1 is 0.963 bits per heavy atom. The Morgan fingerprint density at radius 3 is 2.00 bits per heavy atom. The standard InChI is InChI=1S/C20H24O7/c1-12-16(17(22)25-2)14(10-15(21)13-8-6-5-7-9-13)11-20(12,18(23)26-3)19(24)27-4/h5-9,12,14,16H,10-11H2,1-4H3/t12-,14+,16-/m0/s1. The fourth-order valence-corrected chi connectivity index (χ4v) is 4.14. The summed E-state index contributed by atoms with van der Waals surface area (Å²) in [5, 5.41) is 0. The quantitative estimate of drug-likeness (QED) is 0.324. The second kappa shape index (κ2) is 8.33. The number of carbonyl (C=O) groups is 4. The molecule has 1 saturated carbocycles. The third-order valence-corrected chi connectivity index (χ3v) is 5.52. The number of Topliss-reactive ketones (excluding diaryl/α,β-unsaturated/α-hetero) is 1. The summed E-state index contributed by atoms with van der Waals surface area (Å²) in [6.45, 7) is 1.61. The molecule has 2 rings (SSSR count). The molecule has 0 spiro atoms. The van der Waals surface area contributed by atoms with E-state index < -0.39 is 41.1 Å². The monoisotopic (exact) mass is 376 g/mol. The van der Waals surface area contributed by atoms with Gasteiger partial charge < -0.3 is 14.2 Å². The zero-order valence-corrected chi connectivity index (χ0v) is 15.9. The van der Waals surface area contributed by atoms with Gasteiger partial charge >= 0.3 is 17.9 Å². The molecule has 0 unspecified atom stereocenters. The van der Waals surface area contributed by atoms with E-state index >= 15 is 0 Å². The van der Waals surface area contributed by atoms with Crippen molar-refractivity contribution >= 4 is 23.7 Å². The molecule has 0 heterocycles. The van der Waals surface area contributed by atoms with Gasteiger partial charge in [-0.2, -0.15) is 0 Å². The molecule has 27 heavy (non-hydrogen) atoms. The van der Waals surface area contributed by atoms with Crippen molar-refractivity contribution in [3.05, 3.63) is 35.9 Å². The highest BCUT2D eigenvalue weighted by atomic mass is 16.5. The number of hydrogen-bond donors (Lipinski definition) is 0. The molecular formula is C20H24O7. The van der Waals surface area contributed by atoms with Crippen LogP contribution in [0.4, 0.5) is 0 Å². The lowest BCUT2D eigenvalue weighted by Crippen LogP contribution is -2.45. The molecule has 0 N–H and O–H groups in total. The average Bonchev–Trinajstić information content (AvgIpc) is 2.99. The molecule has 7 heteroatoms. The first-order valence-electron chi connectivity index (χ1n) is 8.66. The van der Waals surface area contributed by atoms with Crippen molar-refractivity contribution in [2.24, 2.45) is 23.2 Å². The highest BCUT2D eigenvalue weighted by Crippen LogP contribution is 2.53. The Bertz CT molecular complexity index is 709. The van der Waals surface area contributed by atoms with Crippen molar-refractivity contribution in [3.8, 4) is 0 Å². The Balaban J connectivity index is 2.42. The number of esters is 3. The number of methoxy groups -OCH3 is 3. The number of carbonyl (C=O) groups excluding carboxylic acids is 4. The summed E-state index contributed by atoms with van der Waals surface area (Å²) in [6.07, 6.45) is -0.0181. The van der Waals surface area contributed by atoms with E-state index in [1.54, 1.807) is 37.3 Å². The molecular weight excluding hydrogens is 352 g/mol. The molecule has 0 bridgehead atoms. The van der Waals surface area contributed by atoms with E-state index in [9.17, 15) is 19.2 Å². The first-order chi connectivity index (χ1) is 12.8. The summed E-state index contributed by atoms with van der Waals surface area (Å²) in [6, 6.07) is 8.65. The van der Waals surface area contributed by atoms with Crippen LogP contribution < -0.4 is 0 Å². The largest absolute Gasteiger partial charge is 0.469 e. The predicted octanol–water partition coefficient (Wildman–Crippen LogP) is 2.04. The van der Waals surface area contributed by atoms with Crippen LogP contribution >= 0.6 is 0 Å². The predicted molar refractivity (Wildman–Crippen MR) is 94.6 cm³/mol. The van der Waals surface area contributed by atoms with Gasteiger partial charge in [0.25, 0.3) is 0 Å². The fraction of sp³-hybridized carbons (Fsp3) is 0.500. The smallest absolute Gasteiger partial charge is 0.323 e. The van der Waals surface area contributed by atoms with E-state index in [1.807, 2.05) is 0 Å². The maximum Gasteiger partial charge on any atom is 0.323 e. The summed E-state index contributed by atoms with van der Waals surface area (Å²) in [5.41, 5.74) is -1.15. The van der Waals surface area contributed by atoms with E-state index in [-0.39, 0.29) is 18.6 Å². The second-order valence-electron chi connectivity index (χ2n) is 6.75. The molecule has 1 aliphatic rings. The molecule has 0 saturated heterocycles. The van der Waals surface area contributed by atoms with Crippen molar-refractivity contribution in [2.45, 2.75) is 19.8 Å². The number of hydrogen-bond acceptors (Lipinski definition) is 7. The van der Waals surface area contributed by atoms with Crippen molar-refractivity contribution in [1.82, 2.24) is 0 Å². The van der Waals surface area contributed by atoms with Crippen molar-refractivity contribution in [2.75, 3.05) is 21.3 Å². The minimum Gasteiger partial charge on any atom is -0.469 e. The van der Waals surface area contributed by atoms with Crippen LogP contribution in [-0.2, 0) is 28.6 Å². The molecule has 0 radical (unpaired) electrons. The Kier molecular flexibility index (Phi) is 6.36. The van der Waals surface area contributed by atoms with Gasteiger partial charge in [0.2, 0.25) is 0 Å². The van der Waals surface area contributed by atoms with E-state index in [4.69, 9.17) is 14.2 Å². The normalized spacial score (nSPS) is 23.3.